The Bertz CT molecular complexity index is 715. The smallest absolute Gasteiger partial charge is 0.320 e. The molecule has 0 aliphatic carbocycles. The zero-order chi connectivity index (χ0) is 17.7. The number of amides is 2. The van der Waals surface area contributed by atoms with E-state index in [1.165, 1.54) is 6.26 Å². The van der Waals surface area contributed by atoms with Crippen molar-refractivity contribution < 1.29 is 14.3 Å². The number of hydrogen-bond donors (Lipinski definition) is 3. The fourth-order valence-corrected chi connectivity index (χ4v) is 2.19. The second-order valence-corrected chi connectivity index (χ2v) is 5.84. The van der Waals surface area contributed by atoms with Crippen molar-refractivity contribution in [2.24, 2.45) is 0 Å². The van der Waals surface area contributed by atoms with E-state index in [9.17, 15) is 9.90 Å². The maximum absolute atomic E-state index is 12.1. The zero-order valence-corrected chi connectivity index (χ0v) is 13.9. The van der Waals surface area contributed by atoms with Crippen LogP contribution in [0.2, 0.25) is 0 Å². The van der Waals surface area contributed by atoms with E-state index in [-0.39, 0.29) is 17.9 Å². The minimum Gasteiger partial charge on any atom is -0.467 e. The molecule has 24 heavy (non-hydrogen) atoms. The lowest BCUT2D eigenvalue weighted by atomic mass is 10.1. The summed E-state index contributed by atoms with van der Waals surface area (Å²) in [7, 11) is 0. The topological polar surface area (TPSA) is 116 Å². The minimum absolute atomic E-state index is 0.0816. The van der Waals surface area contributed by atoms with Gasteiger partial charge in [0.05, 0.1) is 6.26 Å². The van der Waals surface area contributed by atoms with Crippen molar-refractivity contribution in [1.82, 2.24) is 15.1 Å². The number of aromatic nitrogens is 2. The van der Waals surface area contributed by atoms with Crippen molar-refractivity contribution in [2.75, 3.05) is 5.32 Å². The van der Waals surface area contributed by atoms with Gasteiger partial charge >= 0.3 is 6.03 Å². The first-order valence-corrected chi connectivity index (χ1v) is 7.69. The molecule has 128 valence electrons. The van der Waals surface area contributed by atoms with E-state index in [1.807, 2.05) is 19.9 Å². The van der Waals surface area contributed by atoms with Gasteiger partial charge in [0.2, 0.25) is 0 Å². The summed E-state index contributed by atoms with van der Waals surface area (Å²) in [5.74, 6) is 0.661. The molecule has 2 unspecified atom stereocenters. The SMILES string of the molecule is CC(CC(O)c1ccco1)NC(=O)Nc1nn(C(C)C)cc1C#N. The van der Waals surface area contributed by atoms with Crippen LogP contribution in [-0.4, -0.2) is 27.0 Å². The highest BCUT2D eigenvalue weighted by Gasteiger charge is 2.18. The standard InChI is InChI=1S/C16H21N5O3/c1-10(2)21-9-12(8-17)15(20-21)19-16(23)18-11(3)7-13(22)14-5-4-6-24-14/h4-6,9-11,13,22H,7H2,1-3H3,(H2,18,19,20,23). The third-order valence-corrected chi connectivity index (χ3v) is 3.44. The maximum atomic E-state index is 12.1. The lowest BCUT2D eigenvalue weighted by Gasteiger charge is -2.16. The number of furan rings is 1. The summed E-state index contributed by atoms with van der Waals surface area (Å²) in [6, 6.07) is 4.66. The Morgan fingerprint density at radius 2 is 2.25 bits per heavy atom. The Morgan fingerprint density at radius 3 is 2.83 bits per heavy atom. The fourth-order valence-electron chi connectivity index (χ4n) is 2.19. The van der Waals surface area contributed by atoms with Crippen molar-refractivity contribution in [2.45, 2.75) is 45.4 Å². The van der Waals surface area contributed by atoms with Crippen molar-refractivity contribution >= 4 is 11.8 Å². The predicted octanol–water partition coefficient (Wildman–Crippen LogP) is 2.56. The number of urea groups is 1. The van der Waals surface area contributed by atoms with E-state index >= 15 is 0 Å². The molecule has 0 saturated carbocycles. The number of carbonyl (C=O) groups is 1. The Balaban J connectivity index is 1.92. The third-order valence-electron chi connectivity index (χ3n) is 3.44. The maximum Gasteiger partial charge on any atom is 0.320 e. The first-order valence-electron chi connectivity index (χ1n) is 7.69. The second kappa shape index (κ2) is 7.66. The van der Waals surface area contributed by atoms with Crippen molar-refractivity contribution in [3.63, 3.8) is 0 Å². The van der Waals surface area contributed by atoms with E-state index in [0.717, 1.165) is 0 Å². The molecule has 0 bridgehead atoms. The average Bonchev–Trinajstić information content (AvgIpc) is 3.15. The van der Waals surface area contributed by atoms with Crippen LogP contribution in [0, 0.1) is 11.3 Å². The van der Waals surface area contributed by atoms with E-state index in [2.05, 4.69) is 15.7 Å². The molecule has 0 radical (unpaired) electrons. The van der Waals surface area contributed by atoms with Gasteiger partial charge in [-0.05, 0) is 32.9 Å². The van der Waals surface area contributed by atoms with Crippen molar-refractivity contribution in [3.05, 3.63) is 35.9 Å². The number of aliphatic hydroxyl groups excluding tert-OH is 1. The number of rotatable bonds is 6. The highest BCUT2D eigenvalue weighted by Crippen LogP contribution is 2.19. The van der Waals surface area contributed by atoms with Gasteiger partial charge in [0.15, 0.2) is 5.82 Å². The molecule has 8 heteroatoms. The van der Waals surface area contributed by atoms with Gasteiger partial charge in [-0.25, -0.2) is 4.79 Å². The van der Waals surface area contributed by atoms with Gasteiger partial charge in [-0.15, -0.1) is 0 Å². The van der Waals surface area contributed by atoms with Crippen molar-refractivity contribution in [1.29, 1.82) is 5.26 Å². The molecule has 0 aliphatic rings. The van der Waals surface area contributed by atoms with Crippen LogP contribution < -0.4 is 10.6 Å². The fraction of sp³-hybridized carbons (Fsp3) is 0.438. The third kappa shape index (κ3) is 4.36. The van der Waals surface area contributed by atoms with Crippen LogP contribution >= 0.6 is 0 Å². The van der Waals surface area contributed by atoms with Crippen LogP contribution in [0.15, 0.2) is 29.0 Å². The molecule has 8 nitrogen and oxygen atoms in total. The van der Waals surface area contributed by atoms with Gasteiger partial charge < -0.3 is 14.8 Å². The van der Waals surface area contributed by atoms with Crippen molar-refractivity contribution in [3.8, 4) is 6.07 Å². The van der Waals surface area contributed by atoms with Crippen LogP contribution in [0.5, 0.6) is 0 Å². The molecule has 2 aromatic rings. The first kappa shape index (κ1) is 17.6. The summed E-state index contributed by atoms with van der Waals surface area (Å²) in [5, 5.41) is 28.6. The molecular formula is C16H21N5O3. The lowest BCUT2D eigenvalue weighted by molar-refractivity contribution is 0.130. The quantitative estimate of drug-likeness (QED) is 0.752. The van der Waals surface area contributed by atoms with Crippen LogP contribution in [0.25, 0.3) is 0 Å². The number of aliphatic hydroxyl groups is 1. The summed E-state index contributed by atoms with van der Waals surface area (Å²) in [5.41, 5.74) is 0.294. The molecule has 2 amide bonds. The van der Waals surface area contributed by atoms with E-state index < -0.39 is 12.1 Å². The largest absolute Gasteiger partial charge is 0.467 e. The Hall–Kier alpha value is -2.79. The molecule has 2 heterocycles. The summed E-state index contributed by atoms with van der Waals surface area (Å²) in [4.78, 5) is 12.1. The van der Waals surface area contributed by atoms with Crippen LogP contribution in [-0.2, 0) is 0 Å². The number of nitriles is 1. The highest BCUT2D eigenvalue weighted by molar-refractivity contribution is 5.89. The average molecular weight is 331 g/mol. The Morgan fingerprint density at radius 1 is 1.50 bits per heavy atom. The van der Waals surface area contributed by atoms with Crippen LogP contribution in [0.4, 0.5) is 10.6 Å². The second-order valence-electron chi connectivity index (χ2n) is 5.84. The Labute approximate surface area is 140 Å². The molecular weight excluding hydrogens is 310 g/mol. The van der Waals surface area contributed by atoms with E-state index in [0.29, 0.717) is 17.7 Å². The van der Waals surface area contributed by atoms with E-state index in [4.69, 9.17) is 9.68 Å². The van der Waals surface area contributed by atoms with Gasteiger partial charge in [0.25, 0.3) is 0 Å². The van der Waals surface area contributed by atoms with Gasteiger partial charge in [-0.2, -0.15) is 10.4 Å². The zero-order valence-electron chi connectivity index (χ0n) is 13.9. The van der Waals surface area contributed by atoms with Crippen LogP contribution in [0.1, 0.15) is 50.7 Å². The van der Waals surface area contributed by atoms with Gasteiger partial charge in [-0.3, -0.25) is 10.00 Å². The summed E-state index contributed by atoms with van der Waals surface area (Å²) in [6.07, 6.45) is 2.57. The normalized spacial score (nSPS) is 13.3. The van der Waals surface area contributed by atoms with Crippen LogP contribution in [0.3, 0.4) is 0 Å². The molecule has 2 rings (SSSR count). The predicted molar refractivity (Wildman–Crippen MR) is 87.2 cm³/mol. The van der Waals surface area contributed by atoms with Gasteiger partial charge in [0, 0.05) is 24.7 Å². The highest BCUT2D eigenvalue weighted by atomic mass is 16.4. The molecule has 0 saturated heterocycles. The Kier molecular flexibility index (Phi) is 5.60. The number of carbonyl (C=O) groups excluding carboxylic acids is 1. The number of nitrogens with one attached hydrogen (secondary N) is 2. The molecule has 0 spiro atoms. The number of hydrogen-bond acceptors (Lipinski definition) is 5. The summed E-state index contributed by atoms with van der Waals surface area (Å²) in [6.45, 7) is 5.62. The summed E-state index contributed by atoms with van der Waals surface area (Å²) >= 11 is 0. The molecule has 2 aromatic heterocycles. The molecule has 0 aromatic carbocycles. The van der Waals surface area contributed by atoms with Gasteiger partial charge in [-0.1, -0.05) is 0 Å². The monoisotopic (exact) mass is 331 g/mol. The van der Waals surface area contributed by atoms with Gasteiger partial charge in [0.1, 0.15) is 23.5 Å². The number of nitrogens with zero attached hydrogens (tertiary/aromatic N) is 3. The van der Waals surface area contributed by atoms with E-state index in [1.54, 1.807) is 29.9 Å². The minimum atomic E-state index is -0.801. The molecule has 2 atom stereocenters. The first-order chi connectivity index (χ1) is 11.4. The number of anilines is 1. The lowest BCUT2D eigenvalue weighted by Crippen LogP contribution is -2.37. The molecule has 0 aliphatic heterocycles. The molecule has 0 fully saturated rings. The summed E-state index contributed by atoms with van der Waals surface area (Å²) < 4.78 is 6.73. The molecule has 3 N–H and O–H groups in total.